The van der Waals surface area contributed by atoms with Crippen LogP contribution >= 0.6 is 0 Å². The molecule has 1 aliphatic carbocycles. The number of piperidine rings is 1. The maximum Gasteiger partial charge on any atom is 0.235 e. The minimum Gasteiger partial charge on any atom is -0.476 e. The Bertz CT molecular complexity index is 687. The highest BCUT2D eigenvalue weighted by atomic mass is 32.2. The van der Waals surface area contributed by atoms with Gasteiger partial charge in [-0.15, -0.1) is 0 Å². The molecular weight excluding hydrogens is 354 g/mol. The number of hydrogen-bond donors (Lipinski definition) is 1. The molecule has 3 heterocycles. The first kappa shape index (κ1) is 18.2. The molecule has 0 aromatic carbocycles. The zero-order valence-corrected chi connectivity index (χ0v) is 16.3. The van der Waals surface area contributed by atoms with Crippen LogP contribution < -0.4 is 14.2 Å². The van der Waals surface area contributed by atoms with Crippen molar-refractivity contribution in [2.45, 2.75) is 49.2 Å². The molecule has 7 nitrogen and oxygen atoms in total. The van der Waals surface area contributed by atoms with E-state index in [1.54, 1.807) is 7.11 Å². The Hall–Kier alpha value is -1.22. The lowest BCUT2D eigenvalue weighted by Crippen LogP contribution is -2.38. The Kier molecular flexibility index (Phi) is 5.18. The fourth-order valence-electron chi connectivity index (χ4n) is 3.48. The lowest BCUT2D eigenvalue weighted by atomic mass is 10.1. The van der Waals surface area contributed by atoms with E-state index < -0.39 is 11.0 Å². The Morgan fingerprint density at radius 2 is 2.19 bits per heavy atom. The monoisotopic (exact) mass is 381 g/mol. The molecule has 1 unspecified atom stereocenters. The van der Waals surface area contributed by atoms with E-state index in [0.717, 1.165) is 50.9 Å². The van der Waals surface area contributed by atoms with Gasteiger partial charge >= 0.3 is 0 Å². The van der Waals surface area contributed by atoms with Crippen LogP contribution in [0.25, 0.3) is 0 Å². The van der Waals surface area contributed by atoms with Gasteiger partial charge in [-0.25, -0.2) is 8.93 Å². The molecule has 1 spiro atoms. The lowest BCUT2D eigenvalue weighted by Gasteiger charge is -2.30. The summed E-state index contributed by atoms with van der Waals surface area (Å²) in [4.78, 5) is 7.55. The first-order valence-electron chi connectivity index (χ1n) is 9.32. The van der Waals surface area contributed by atoms with Crippen molar-refractivity contribution in [2.75, 3.05) is 39.9 Å². The van der Waals surface area contributed by atoms with Crippen LogP contribution in [0.15, 0.2) is 11.0 Å². The number of rotatable bonds is 5. The number of likely N-dealkylation sites (tertiary alicyclic amines) is 1. The third-order valence-corrected chi connectivity index (χ3v) is 6.56. The van der Waals surface area contributed by atoms with Gasteiger partial charge in [-0.1, -0.05) is 0 Å². The fourth-order valence-corrected chi connectivity index (χ4v) is 4.56. The van der Waals surface area contributed by atoms with Crippen LogP contribution in [-0.2, 0) is 15.7 Å². The molecule has 1 atom stereocenters. The second-order valence-electron chi connectivity index (χ2n) is 7.41. The first-order chi connectivity index (χ1) is 12.6. The molecule has 1 aromatic heterocycles. The Balaban J connectivity index is 1.38. The molecule has 1 aromatic rings. The third-order valence-electron chi connectivity index (χ3n) is 5.46. The molecule has 2 aliphatic heterocycles. The van der Waals surface area contributed by atoms with Gasteiger partial charge in [-0.05, 0) is 38.7 Å². The van der Waals surface area contributed by atoms with Crippen molar-refractivity contribution in [3.05, 3.63) is 11.6 Å². The van der Waals surface area contributed by atoms with Gasteiger partial charge in [0.2, 0.25) is 11.8 Å². The summed E-state index contributed by atoms with van der Waals surface area (Å²) in [5.74, 6) is 1.03. The molecular formula is C18H27N3O4S. The van der Waals surface area contributed by atoms with Crippen molar-refractivity contribution in [3.63, 3.8) is 0 Å². The second kappa shape index (κ2) is 7.42. The van der Waals surface area contributed by atoms with E-state index in [4.69, 9.17) is 14.2 Å². The minimum absolute atomic E-state index is 0.230. The van der Waals surface area contributed by atoms with E-state index in [0.29, 0.717) is 35.9 Å². The molecule has 1 saturated carbocycles. The maximum absolute atomic E-state index is 12.4. The van der Waals surface area contributed by atoms with Crippen molar-refractivity contribution < 1.29 is 18.4 Å². The third kappa shape index (κ3) is 3.88. The summed E-state index contributed by atoms with van der Waals surface area (Å²) in [5.41, 5.74) is 0.652. The maximum atomic E-state index is 12.4. The highest BCUT2D eigenvalue weighted by Gasteiger charge is 2.48. The highest BCUT2D eigenvalue weighted by molar-refractivity contribution is 7.83. The molecule has 2 fully saturated rings. The molecule has 1 saturated heterocycles. The van der Waals surface area contributed by atoms with Crippen LogP contribution in [0.5, 0.6) is 11.8 Å². The number of pyridine rings is 1. The Labute approximate surface area is 157 Å². The average molecular weight is 381 g/mol. The summed E-state index contributed by atoms with van der Waals surface area (Å²) in [6.07, 6.45) is 4.48. The minimum atomic E-state index is -1.28. The number of hydrogen-bond acceptors (Lipinski definition) is 6. The van der Waals surface area contributed by atoms with Crippen molar-refractivity contribution in [2.24, 2.45) is 0 Å². The van der Waals surface area contributed by atoms with Crippen LogP contribution in [-0.4, -0.2) is 65.7 Å². The van der Waals surface area contributed by atoms with E-state index in [1.807, 2.05) is 13.0 Å². The molecule has 144 valence electrons. The number of nitrogens with one attached hydrogen (secondary N) is 1. The average Bonchev–Trinajstić information content (AvgIpc) is 3.43. The van der Waals surface area contributed by atoms with E-state index >= 15 is 0 Å². The number of fused-ring (bicyclic) bond motifs is 1. The summed E-state index contributed by atoms with van der Waals surface area (Å²) in [7, 11) is 0.500. The zero-order valence-electron chi connectivity index (χ0n) is 15.5. The summed E-state index contributed by atoms with van der Waals surface area (Å²) in [6, 6.07) is 1.87. The molecule has 0 amide bonds. The van der Waals surface area contributed by atoms with Gasteiger partial charge in [-0.3, -0.25) is 4.90 Å². The van der Waals surface area contributed by atoms with Gasteiger partial charge in [0.25, 0.3) is 0 Å². The predicted octanol–water partition coefficient (Wildman–Crippen LogP) is 1.42. The van der Waals surface area contributed by atoms with E-state index in [2.05, 4.69) is 14.6 Å². The summed E-state index contributed by atoms with van der Waals surface area (Å²) < 4.78 is 32.8. The van der Waals surface area contributed by atoms with Gasteiger partial charge in [0.05, 0.1) is 6.10 Å². The van der Waals surface area contributed by atoms with Gasteiger partial charge in [0, 0.05) is 38.9 Å². The van der Waals surface area contributed by atoms with Crippen molar-refractivity contribution in [1.29, 1.82) is 0 Å². The van der Waals surface area contributed by atoms with E-state index in [1.165, 1.54) is 0 Å². The highest BCUT2D eigenvalue weighted by Crippen LogP contribution is 2.43. The molecule has 0 radical (unpaired) electrons. The summed E-state index contributed by atoms with van der Waals surface area (Å²) in [5, 5.41) is 0. The lowest BCUT2D eigenvalue weighted by molar-refractivity contribution is 0.0372. The number of aryl methyl sites for hydroxylation is 1. The predicted molar refractivity (Wildman–Crippen MR) is 97.9 cm³/mol. The van der Waals surface area contributed by atoms with Crippen molar-refractivity contribution in [3.8, 4) is 11.8 Å². The molecule has 0 bridgehead atoms. The van der Waals surface area contributed by atoms with Crippen LogP contribution in [0.4, 0.5) is 0 Å². The normalized spacial score (nSPS) is 25.4. The molecule has 26 heavy (non-hydrogen) atoms. The van der Waals surface area contributed by atoms with Crippen LogP contribution in [0.2, 0.25) is 0 Å². The standard InChI is InChI=1S/C18H27N3O4S/c1-13-11-15-17(25-18(5-6-18)12-19-26(15)22)20-16(13)24-10-9-21-7-3-14(23-2)4-8-21/h11,14,19H,3-10,12H2,1-2H3. The smallest absolute Gasteiger partial charge is 0.235 e. The zero-order chi connectivity index (χ0) is 18.1. The quantitative estimate of drug-likeness (QED) is 0.832. The number of aromatic nitrogens is 1. The largest absolute Gasteiger partial charge is 0.476 e. The van der Waals surface area contributed by atoms with Gasteiger partial charge in [0.15, 0.2) is 0 Å². The topological polar surface area (TPSA) is 72.9 Å². The number of ether oxygens (including phenoxy) is 3. The number of nitrogens with zero attached hydrogens (tertiary/aromatic N) is 2. The van der Waals surface area contributed by atoms with Gasteiger partial charge in [-0.2, -0.15) is 4.98 Å². The van der Waals surface area contributed by atoms with Crippen LogP contribution in [0.1, 0.15) is 31.2 Å². The summed E-state index contributed by atoms with van der Waals surface area (Å²) >= 11 is 0. The fraction of sp³-hybridized carbons (Fsp3) is 0.722. The molecule has 8 heteroatoms. The van der Waals surface area contributed by atoms with Crippen molar-refractivity contribution >= 4 is 11.0 Å². The Morgan fingerprint density at radius 3 is 2.88 bits per heavy atom. The van der Waals surface area contributed by atoms with E-state index in [9.17, 15) is 4.21 Å². The summed E-state index contributed by atoms with van der Waals surface area (Å²) in [6.45, 7) is 6.05. The van der Waals surface area contributed by atoms with Crippen LogP contribution in [0.3, 0.4) is 0 Å². The van der Waals surface area contributed by atoms with Crippen LogP contribution in [0, 0.1) is 6.92 Å². The molecule has 1 N–H and O–H groups in total. The van der Waals surface area contributed by atoms with Gasteiger partial charge in [0.1, 0.15) is 28.1 Å². The van der Waals surface area contributed by atoms with Gasteiger partial charge < -0.3 is 14.2 Å². The molecule has 3 aliphatic rings. The van der Waals surface area contributed by atoms with Crippen molar-refractivity contribution in [1.82, 2.24) is 14.6 Å². The Morgan fingerprint density at radius 1 is 1.42 bits per heavy atom. The first-order valence-corrected chi connectivity index (χ1v) is 10.5. The SMILES string of the molecule is COC1CCN(CCOc2nc3c(cc2C)S(=O)NCC2(CC2)O3)CC1. The second-order valence-corrected chi connectivity index (χ2v) is 8.68. The van der Waals surface area contributed by atoms with E-state index in [-0.39, 0.29) is 5.60 Å². The number of methoxy groups -OCH3 is 1. The molecule has 4 rings (SSSR count).